The second kappa shape index (κ2) is 9.85. The molecule has 0 spiro atoms. The summed E-state index contributed by atoms with van der Waals surface area (Å²) in [4.78, 5) is 7.05. The van der Waals surface area contributed by atoms with Gasteiger partial charge in [0.05, 0.1) is 0 Å². The molecule has 166 valence electrons. The van der Waals surface area contributed by atoms with Crippen molar-refractivity contribution in [1.82, 2.24) is 4.90 Å². The first-order valence-electron chi connectivity index (χ1n) is 11.8. The van der Waals surface area contributed by atoms with E-state index in [0.717, 1.165) is 50.0 Å². The van der Waals surface area contributed by atoms with Crippen molar-refractivity contribution in [3.8, 4) is 0 Å². The molecule has 0 amide bonds. The van der Waals surface area contributed by atoms with Gasteiger partial charge in [0.2, 0.25) is 0 Å². The third kappa shape index (κ3) is 5.47. The molecule has 2 atom stereocenters. The van der Waals surface area contributed by atoms with E-state index in [0.29, 0.717) is 0 Å². The zero-order chi connectivity index (χ0) is 22.7. The molecule has 0 N–H and O–H groups in total. The highest BCUT2D eigenvalue weighted by molar-refractivity contribution is 6.01. The Bertz CT molecular complexity index is 934. The Balaban J connectivity index is 1.74. The molecule has 1 saturated heterocycles. The molecule has 2 unspecified atom stereocenters. The quantitative estimate of drug-likeness (QED) is 0.452. The minimum atomic E-state index is 0.720. The molecule has 2 nitrogen and oxygen atoms in total. The first kappa shape index (κ1) is 23.3. The Hall–Kier alpha value is -2.35. The fraction of sp³-hybridized carbons (Fsp3) is 0.483. The average molecular weight is 417 g/mol. The summed E-state index contributed by atoms with van der Waals surface area (Å²) in [6.07, 6.45) is 7.70. The van der Waals surface area contributed by atoms with Gasteiger partial charge in [0.25, 0.3) is 0 Å². The fourth-order valence-corrected chi connectivity index (χ4v) is 4.67. The number of nitrogens with zero attached hydrogens (tertiary/aromatic N) is 2. The van der Waals surface area contributed by atoms with Crippen molar-refractivity contribution in [1.29, 1.82) is 0 Å². The van der Waals surface area contributed by atoms with Gasteiger partial charge in [-0.15, -0.1) is 0 Å². The van der Waals surface area contributed by atoms with Crippen LogP contribution in [0.5, 0.6) is 0 Å². The van der Waals surface area contributed by atoms with Gasteiger partial charge in [-0.3, -0.25) is 4.99 Å². The van der Waals surface area contributed by atoms with E-state index in [-0.39, 0.29) is 0 Å². The first-order valence-corrected chi connectivity index (χ1v) is 11.8. The summed E-state index contributed by atoms with van der Waals surface area (Å²) in [5.74, 6) is 1.52. The molecule has 2 heterocycles. The van der Waals surface area contributed by atoms with Gasteiger partial charge in [0, 0.05) is 31.0 Å². The maximum absolute atomic E-state index is 4.57. The van der Waals surface area contributed by atoms with Crippen molar-refractivity contribution in [2.45, 2.75) is 60.8 Å². The summed E-state index contributed by atoms with van der Waals surface area (Å²) in [5, 5.41) is 0. The number of rotatable bonds is 6. The van der Waals surface area contributed by atoms with Gasteiger partial charge < -0.3 is 4.90 Å². The predicted octanol–water partition coefficient (Wildman–Crippen LogP) is 7.09. The van der Waals surface area contributed by atoms with Gasteiger partial charge in [-0.1, -0.05) is 39.2 Å². The van der Waals surface area contributed by atoms with Gasteiger partial charge in [-0.25, -0.2) is 0 Å². The average Bonchev–Trinajstić information content (AvgIpc) is 2.73. The van der Waals surface area contributed by atoms with Crippen molar-refractivity contribution < 1.29 is 0 Å². The standard InChI is InChI=1S/C29H40N2/c1-19-11-13-31(18-24(19)6)26(8)28-15-22(4)29(23(5)16-28)17-21(3)20(2)14-27-10-9-12-30-25(27)7/h10,14-16,19,24H,3,8-9,11-13,17-18H2,1-2,4-7H3/b20-14+. The summed E-state index contributed by atoms with van der Waals surface area (Å²) in [7, 11) is 0. The van der Waals surface area contributed by atoms with E-state index in [1.807, 2.05) is 0 Å². The molecule has 0 radical (unpaired) electrons. The van der Waals surface area contributed by atoms with Crippen LogP contribution in [0, 0.1) is 25.7 Å². The number of hydrogen-bond acceptors (Lipinski definition) is 2. The molecule has 0 saturated carbocycles. The lowest BCUT2D eigenvalue weighted by Gasteiger charge is -2.38. The molecular formula is C29H40N2. The van der Waals surface area contributed by atoms with Crippen LogP contribution in [0.3, 0.4) is 0 Å². The third-order valence-electron chi connectivity index (χ3n) is 7.33. The largest absolute Gasteiger partial charge is 0.371 e. The Morgan fingerprint density at radius 1 is 1.13 bits per heavy atom. The van der Waals surface area contributed by atoms with Crippen LogP contribution in [0.1, 0.15) is 62.8 Å². The molecule has 0 aromatic heterocycles. The summed E-state index contributed by atoms with van der Waals surface area (Å²) in [6.45, 7) is 25.5. The number of allylic oxidation sites excluding steroid dienone is 4. The van der Waals surface area contributed by atoms with Crippen LogP contribution in [-0.2, 0) is 6.42 Å². The summed E-state index contributed by atoms with van der Waals surface area (Å²) >= 11 is 0. The fourth-order valence-electron chi connectivity index (χ4n) is 4.67. The molecule has 0 aliphatic carbocycles. The minimum Gasteiger partial charge on any atom is -0.371 e. The topological polar surface area (TPSA) is 15.6 Å². The van der Waals surface area contributed by atoms with Crippen LogP contribution in [0.25, 0.3) is 5.70 Å². The van der Waals surface area contributed by atoms with Gasteiger partial charge in [0.15, 0.2) is 0 Å². The number of dihydropyridines is 1. The molecule has 3 rings (SSSR count). The third-order valence-corrected chi connectivity index (χ3v) is 7.33. The number of hydrogen-bond donors (Lipinski definition) is 0. The number of aliphatic imine (C=N–C) groups is 1. The highest BCUT2D eigenvalue weighted by Crippen LogP contribution is 2.31. The summed E-state index contributed by atoms with van der Waals surface area (Å²) in [5.41, 5.74) is 11.3. The molecule has 1 fully saturated rings. The maximum atomic E-state index is 4.57. The van der Waals surface area contributed by atoms with Crippen molar-refractivity contribution in [3.63, 3.8) is 0 Å². The molecule has 0 bridgehead atoms. The Labute approximate surface area is 190 Å². The molecule has 2 aliphatic rings. The first-order chi connectivity index (χ1) is 14.7. The molecule has 1 aromatic rings. The highest BCUT2D eigenvalue weighted by Gasteiger charge is 2.24. The van der Waals surface area contributed by atoms with Gasteiger partial charge in [-0.05, 0) is 110 Å². The van der Waals surface area contributed by atoms with Gasteiger partial charge >= 0.3 is 0 Å². The van der Waals surface area contributed by atoms with Crippen LogP contribution in [0.2, 0.25) is 0 Å². The lowest BCUT2D eigenvalue weighted by Crippen LogP contribution is -2.37. The zero-order valence-corrected chi connectivity index (χ0v) is 20.5. The van der Waals surface area contributed by atoms with Gasteiger partial charge in [0.1, 0.15) is 0 Å². The van der Waals surface area contributed by atoms with Crippen LogP contribution in [-0.4, -0.2) is 30.2 Å². The zero-order valence-electron chi connectivity index (χ0n) is 20.5. The second-order valence-electron chi connectivity index (χ2n) is 9.75. The SMILES string of the molecule is C=C(Cc1c(C)cc(C(=C)N2CCC(C)C(C)C2)cc1C)/C(C)=C/C1=CCCN=C1C. The molecule has 1 aromatic carbocycles. The Morgan fingerprint density at radius 2 is 1.81 bits per heavy atom. The summed E-state index contributed by atoms with van der Waals surface area (Å²) < 4.78 is 0. The molecule has 2 aliphatic heterocycles. The van der Waals surface area contributed by atoms with E-state index in [9.17, 15) is 0 Å². The lowest BCUT2D eigenvalue weighted by molar-refractivity contribution is 0.195. The van der Waals surface area contributed by atoms with Crippen molar-refractivity contribution in [2.75, 3.05) is 19.6 Å². The predicted molar refractivity (Wildman–Crippen MR) is 137 cm³/mol. The van der Waals surface area contributed by atoms with Crippen molar-refractivity contribution >= 4 is 11.4 Å². The minimum absolute atomic E-state index is 0.720. The Kier molecular flexibility index (Phi) is 7.41. The number of piperidine rings is 1. The van der Waals surface area contributed by atoms with E-state index in [4.69, 9.17) is 0 Å². The number of aryl methyl sites for hydroxylation is 2. The second-order valence-corrected chi connectivity index (χ2v) is 9.75. The smallest absolute Gasteiger partial charge is 0.0427 e. The van der Waals surface area contributed by atoms with Crippen molar-refractivity contribution in [3.05, 3.63) is 76.4 Å². The van der Waals surface area contributed by atoms with Crippen LogP contribution in [0.15, 0.2) is 59.2 Å². The maximum Gasteiger partial charge on any atom is 0.0427 e. The van der Waals surface area contributed by atoms with E-state index in [1.165, 1.54) is 51.1 Å². The lowest BCUT2D eigenvalue weighted by atomic mass is 9.87. The van der Waals surface area contributed by atoms with E-state index in [1.54, 1.807) is 0 Å². The number of benzene rings is 1. The van der Waals surface area contributed by atoms with E-state index < -0.39 is 0 Å². The van der Waals surface area contributed by atoms with Gasteiger partial charge in [-0.2, -0.15) is 0 Å². The van der Waals surface area contributed by atoms with Crippen LogP contribution < -0.4 is 0 Å². The normalized spacial score (nSPS) is 22.1. The van der Waals surface area contributed by atoms with Crippen LogP contribution in [0.4, 0.5) is 0 Å². The van der Waals surface area contributed by atoms with E-state index >= 15 is 0 Å². The number of likely N-dealkylation sites (tertiary alicyclic amines) is 1. The monoisotopic (exact) mass is 416 g/mol. The molecular weight excluding hydrogens is 376 g/mol. The highest BCUT2D eigenvalue weighted by atomic mass is 15.1. The van der Waals surface area contributed by atoms with E-state index in [2.05, 4.69) is 88.9 Å². The molecule has 2 heteroatoms. The summed E-state index contributed by atoms with van der Waals surface area (Å²) in [6, 6.07) is 4.64. The van der Waals surface area contributed by atoms with Crippen molar-refractivity contribution in [2.24, 2.45) is 16.8 Å². The molecule has 31 heavy (non-hydrogen) atoms. The Morgan fingerprint density at radius 3 is 2.42 bits per heavy atom. The van der Waals surface area contributed by atoms with Crippen LogP contribution >= 0.6 is 0 Å².